The maximum atomic E-state index is 11.5. The fourth-order valence-electron chi connectivity index (χ4n) is 1.07. The number of aromatic nitrogens is 1. The van der Waals surface area contributed by atoms with Crippen LogP contribution in [0.15, 0.2) is 23.0 Å². The van der Waals surface area contributed by atoms with Crippen LogP contribution in [0, 0.1) is 0 Å². The van der Waals surface area contributed by atoms with Crippen LogP contribution >= 0.6 is 15.9 Å². The Labute approximate surface area is 101 Å². The van der Waals surface area contributed by atoms with Gasteiger partial charge < -0.3 is 15.0 Å². The van der Waals surface area contributed by atoms with Gasteiger partial charge in [0.2, 0.25) is 5.56 Å². The Kier molecular flexibility index (Phi) is 5.81. The molecule has 0 spiro atoms. The van der Waals surface area contributed by atoms with Crippen LogP contribution in [0.1, 0.15) is 10.5 Å². The number of H-pyrrole nitrogens is 1. The third-order valence-corrected chi connectivity index (χ3v) is 2.09. The van der Waals surface area contributed by atoms with Crippen molar-refractivity contribution in [2.75, 3.05) is 25.1 Å². The summed E-state index contributed by atoms with van der Waals surface area (Å²) in [5.74, 6) is -0.305. The summed E-state index contributed by atoms with van der Waals surface area (Å²) in [5, 5.41) is 3.41. The van der Waals surface area contributed by atoms with E-state index in [1.807, 2.05) is 0 Å². The molecule has 88 valence electrons. The maximum Gasteiger partial charge on any atom is 0.267 e. The number of ether oxygens (including phenoxy) is 1. The number of halogens is 1. The largest absolute Gasteiger partial charge is 0.379 e. The van der Waals surface area contributed by atoms with Gasteiger partial charge in [-0.2, -0.15) is 0 Å². The van der Waals surface area contributed by atoms with Crippen molar-refractivity contribution in [3.05, 3.63) is 34.2 Å². The molecule has 1 heterocycles. The Balaban J connectivity index is 2.33. The second kappa shape index (κ2) is 7.19. The van der Waals surface area contributed by atoms with Crippen molar-refractivity contribution in [3.63, 3.8) is 0 Å². The number of carbonyl (C=O) groups is 1. The van der Waals surface area contributed by atoms with Gasteiger partial charge in [0.1, 0.15) is 5.69 Å². The molecule has 0 saturated heterocycles. The smallest absolute Gasteiger partial charge is 0.267 e. The molecule has 0 aromatic carbocycles. The summed E-state index contributed by atoms with van der Waals surface area (Å²) in [6.07, 6.45) is 0. The Hall–Kier alpha value is -1.14. The predicted octanol–water partition coefficient (Wildman–Crippen LogP) is 0.516. The van der Waals surface area contributed by atoms with Gasteiger partial charge in [0.15, 0.2) is 0 Å². The summed E-state index contributed by atoms with van der Waals surface area (Å²) in [5.41, 5.74) is -0.0313. The molecule has 0 fully saturated rings. The van der Waals surface area contributed by atoms with E-state index in [1.165, 1.54) is 12.1 Å². The molecule has 1 aromatic heterocycles. The average molecular weight is 289 g/mol. The predicted molar refractivity (Wildman–Crippen MR) is 64.0 cm³/mol. The molecule has 0 aliphatic carbocycles. The number of hydrogen-bond donors (Lipinski definition) is 2. The zero-order chi connectivity index (χ0) is 11.8. The first-order valence-electron chi connectivity index (χ1n) is 4.85. The van der Waals surface area contributed by atoms with Crippen LogP contribution < -0.4 is 10.9 Å². The lowest BCUT2D eigenvalue weighted by Crippen LogP contribution is -2.29. The number of nitrogens with one attached hydrogen (secondary N) is 2. The van der Waals surface area contributed by atoms with Crippen LogP contribution in [0.25, 0.3) is 0 Å². The highest BCUT2D eigenvalue weighted by molar-refractivity contribution is 9.09. The van der Waals surface area contributed by atoms with E-state index < -0.39 is 0 Å². The van der Waals surface area contributed by atoms with Crippen LogP contribution in [0.2, 0.25) is 0 Å². The van der Waals surface area contributed by atoms with Gasteiger partial charge in [0.25, 0.3) is 5.91 Å². The zero-order valence-corrected chi connectivity index (χ0v) is 10.2. The number of carbonyl (C=O) groups excluding carboxylic acids is 1. The minimum atomic E-state index is -0.305. The molecule has 5 nitrogen and oxygen atoms in total. The molecule has 1 aromatic rings. The Morgan fingerprint density at radius 3 is 2.94 bits per heavy atom. The molecule has 6 heteroatoms. The Bertz CT molecular complexity index is 392. The minimum Gasteiger partial charge on any atom is -0.379 e. The molecule has 1 amide bonds. The number of hydrogen-bond acceptors (Lipinski definition) is 3. The molecule has 0 unspecified atom stereocenters. The van der Waals surface area contributed by atoms with Gasteiger partial charge in [0, 0.05) is 17.9 Å². The molecule has 0 saturated carbocycles. The first-order chi connectivity index (χ1) is 7.74. The molecular formula is C10H13BrN2O3. The average Bonchev–Trinajstić information content (AvgIpc) is 2.28. The van der Waals surface area contributed by atoms with Crippen LogP contribution in [0.3, 0.4) is 0 Å². The van der Waals surface area contributed by atoms with E-state index in [-0.39, 0.29) is 17.2 Å². The van der Waals surface area contributed by atoms with Crippen molar-refractivity contribution in [3.8, 4) is 0 Å². The Morgan fingerprint density at radius 2 is 2.25 bits per heavy atom. The normalized spacial score (nSPS) is 10.1. The lowest BCUT2D eigenvalue weighted by Gasteiger charge is -2.05. The van der Waals surface area contributed by atoms with Crippen molar-refractivity contribution in [2.45, 2.75) is 0 Å². The van der Waals surface area contributed by atoms with E-state index in [9.17, 15) is 9.59 Å². The van der Waals surface area contributed by atoms with E-state index in [4.69, 9.17) is 4.74 Å². The fraction of sp³-hybridized carbons (Fsp3) is 0.400. The second-order valence-electron chi connectivity index (χ2n) is 2.99. The van der Waals surface area contributed by atoms with E-state index >= 15 is 0 Å². The highest BCUT2D eigenvalue weighted by Crippen LogP contribution is 1.89. The van der Waals surface area contributed by atoms with Crippen LogP contribution in [-0.4, -0.2) is 36.0 Å². The molecular weight excluding hydrogens is 276 g/mol. The monoisotopic (exact) mass is 288 g/mol. The molecule has 0 aliphatic rings. The van der Waals surface area contributed by atoms with Crippen molar-refractivity contribution in [1.29, 1.82) is 0 Å². The summed E-state index contributed by atoms with van der Waals surface area (Å²) in [6.45, 7) is 1.48. The Morgan fingerprint density at radius 1 is 1.44 bits per heavy atom. The second-order valence-corrected chi connectivity index (χ2v) is 3.78. The number of rotatable bonds is 6. The van der Waals surface area contributed by atoms with Crippen molar-refractivity contribution >= 4 is 21.8 Å². The molecule has 2 N–H and O–H groups in total. The van der Waals surface area contributed by atoms with Gasteiger partial charge in [-0.25, -0.2) is 0 Å². The van der Waals surface area contributed by atoms with Crippen LogP contribution in [0.5, 0.6) is 0 Å². The van der Waals surface area contributed by atoms with Gasteiger partial charge in [-0.3, -0.25) is 9.59 Å². The van der Waals surface area contributed by atoms with Gasteiger partial charge in [-0.05, 0) is 6.07 Å². The zero-order valence-electron chi connectivity index (χ0n) is 8.66. The topological polar surface area (TPSA) is 71.2 Å². The summed E-state index contributed by atoms with van der Waals surface area (Å²) < 4.78 is 5.16. The van der Waals surface area contributed by atoms with Crippen LogP contribution in [-0.2, 0) is 4.74 Å². The van der Waals surface area contributed by atoms with Gasteiger partial charge in [-0.15, -0.1) is 0 Å². The quantitative estimate of drug-likeness (QED) is 0.592. The van der Waals surface area contributed by atoms with Crippen LogP contribution in [0.4, 0.5) is 0 Å². The summed E-state index contributed by atoms with van der Waals surface area (Å²) in [6, 6.07) is 4.45. The summed E-state index contributed by atoms with van der Waals surface area (Å²) in [4.78, 5) is 24.9. The molecule has 16 heavy (non-hydrogen) atoms. The molecule has 0 bridgehead atoms. The number of alkyl halides is 1. The number of aromatic amines is 1. The van der Waals surface area contributed by atoms with Crippen molar-refractivity contribution < 1.29 is 9.53 Å². The molecule has 0 radical (unpaired) electrons. The highest BCUT2D eigenvalue weighted by Gasteiger charge is 2.04. The third kappa shape index (κ3) is 4.59. The van der Waals surface area contributed by atoms with Gasteiger partial charge in [0.05, 0.1) is 13.2 Å². The highest BCUT2D eigenvalue weighted by atomic mass is 79.9. The van der Waals surface area contributed by atoms with E-state index in [0.29, 0.717) is 19.8 Å². The third-order valence-electron chi connectivity index (χ3n) is 1.77. The SMILES string of the molecule is O=C(NCCOCCBr)c1cccc(=O)[nH]1. The number of amides is 1. The standard InChI is InChI=1S/C10H13BrN2O3/c11-4-6-16-7-5-12-10(15)8-2-1-3-9(14)13-8/h1-3H,4-7H2,(H,12,15)(H,13,14). The van der Waals surface area contributed by atoms with E-state index in [1.54, 1.807) is 6.07 Å². The summed E-state index contributed by atoms with van der Waals surface area (Å²) in [7, 11) is 0. The van der Waals surface area contributed by atoms with E-state index in [2.05, 4.69) is 26.2 Å². The van der Waals surface area contributed by atoms with Gasteiger partial charge in [-0.1, -0.05) is 22.0 Å². The lowest BCUT2D eigenvalue weighted by atomic mass is 10.3. The van der Waals surface area contributed by atoms with E-state index in [0.717, 1.165) is 5.33 Å². The fourth-order valence-corrected chi connectivity index (χ4v) is 1.30. The molecule has 0 atom stereocenters. The minimum absolute atomic E-state index is 0.257. The number of pyridine rings is 1. The first-order valence-corrected chi connectivity index (χ1v) is 5.97. The maximum absolute atomic E-state index is 11.5. The molecule has 0 aliphatic heterocycles. The molecule has 1 rings (SSSR count). The van der Waals surface area contributed by atoms with Crippen molar-refractivity contribution in [1.82, 2.24) is 10.3 Å². The summed E-state index contributed by atoms with van der Waals surface area (Å²) >= 11 is 3.22. The lowest BCUT2D eigenvalue weighted by molar-refractivity contribution is 0.0919. The van der Waals surface area contributed by atoms with Gasteiger partial charge >= 0.3 is 0 Å². The first kappa shape index (κ1) is 12.9. The van der Waals surface area contributed by atoms with Crippen molar-refractivity contribution in [2.24, 2.45) is 0 Å².